The van der Waals surface area contributed by atoms with Crippen molar-refractivity contribution in [2.24, 2.45) is 0 Å². The second-order valence-electron chi connectivity index (χ2n) is 5.95. The molecule has 134 valence electrons. The van der Waals surface area contributed by atoms with Crippen LogP contribution in [0.2, 0.25) is 0 Å². The molecule has 6 heteroatoms. The van der Waals surface area contributed by atoms with Gasteiger partial charge in [-0.3, -0.25) is 14.4 Å². The lowest BCUT2D eigenvalue weighted by Crippen LogP contribution is -2.45. The number of nitrogens with one attached hydrogen (secondary N) is 3. The van der Waals surface area contributed by atoms with Crippen molar-refractivity contribution in [1.82, 2.24) is 16.0 Å². The third kappa shape index (κ3) is 10.8. The molecule has 1 aliphatic carbocycles. The van der Waals surface area contributed by atoms with Crippen molar-refractivity contribution in [1.29, 1.82) is 0 Å². The second kappa shape index (κ2) is 13.0. The normalized spacial score (nSPS) is 18.7. The number of ketones is 1. The van der Waals surface area contributed by atoms with E-state index < -0.39 is 11.7 Å². The van der Waals surface area contributed by atoms with Crippen LogP contribution in [0, 0.1) is 0 Å². The van der Waals surface area contributed by atoms with Crippen LogP contribution in [-0.4, -0.2) is 42.8 Å². The Morgan fingerprint density at radius 2 is 1.57 bits per heavy atom. The summed E-state index contributed by atoms with van der Waals surface area (Å²) in [5.41, 5.74) is 0. The van der Waals surface area contributed by atoms with Gasteiger partial charge in [0.2, 0.25) is 11.7 Å². The predicted molar refractivity (Wildman–Crippen MR) is 92.1 cm³/mol. The molecule has 0 bridgehead atoms. The van der Waals surface area contributed by atoms with Gasteiger partial charge in [-0.2, -0.15) is 0 Å². The van der Waals surface area contributed by atoms with Gasteiger partial charge in [0.25, 0.3) is 5.91 Å². The average Bonchev–Trinajstić information content (AvgIpc) is 3.15. The third-order valence-corrected chi connectivity index (χ3v) is 2.97. The molecule has 0 unspecified atom stereocenters. The van der Waals surface area contributed by atoms with E-state index in [9.17, 15) is 14.4 Å². The highest BCUT2D eigenvalue weighted by atomic mass is 16.2. The molecule has 3 N–H and O–H groups in total. The first-order chi connectivity index (χ1) is 11.0. The van der Waals surface area contributed by atoms with E-state index in [1.807, 2.05) is 0 Å². The molecule has 1 saturated carbocycles. The average molecular weight is 327 g/mol. The molecule has 2 fully saturated rings. The molecule has 2 aliphatic rings. The Bertz CT molecular complexity index is 360. The van der Waals surface area contributed by atoms with Gasteiger partial charge in [-0.25, -0.2) is 0 Å². The van der Waals surface area contributed by atoms with E-state index in [1.165, 1.54) is 12.8 Å². The van der Waals surface area contributed by atoms with Crippen molar-refractivity contribution in [2.75, 3.05) is 13.1 Å². The molecule has 23 heavy (non-hydrogen) atoms. The Morgan fingerprint density at radius 1 is 1.00 bits per heavy atom. The van der Waals surface area contributed by atoms with E-state index in [2.05, 4.69) is 43.6 Å². The van der Waals surface area contributed by atoms with Crippen LogP contribution in [0.15, 0.2) is 0 Å². The minimum atomic E-state index is -0.591. The summed E-state index contributed by atoms with van der Waals surface area (Å²) in [7, 11) is 0. The minimum Gasteiger partial charge on any atom is -0.347 e. The van der Waals surface area contributed by atoms with Crippen molar-refractivity contribution >= 4 is 17.6 Å². The summed E-state index contributed by atoms with van der Waals surface area (Å²) < 4.78 is 0. The zero-order valence-corrected chi connectivity index (χ0v) is 15.0. The Morgan fingerprint density at radius 3 is 2.00 bits per heavy atom. The monoisotopic (exact) mass is 327 g/mol. The molecule has 1 saturated heterocycles. The summed E-state index contributed by atoms with van der Waals surface area (Å²) in [5, 5.41) is 8.11. The molecule has 0 radical (unpaired) electrons. The van der Waals surface area contributed by atoms with E-state index in [1.54, 1.807) is 0 Å². The summed E-state index contributed by atoms with van der Waals surface area (Å²) in [5.74, 6) is -1.37. The number of carbonyl (C=O) groups is 3. The fraction of sp³-hybridized carbons (Fsp3) is 0.824. The largest absolute Gasteiger partial charge is 0.347 e. The molecule has 1 heterocycles. The van der Waals surface area contributed by atoms with Crippen molar-refractivity contribution < 1.29 is 14.4 Å². The number of hydrogen-bond acceptors (Lipinski definition) is 4. The van der Waals surface area contributed by atoms with Crippen LogP contribution in [0.3, 0.4) is 0 Å². The lowest BCUT2D eigenvalue weighted by Gasteiger charge is -2.10. The van der Waals surface area contributed by atoms with E-state index in [4.69, 9.17) is 0 Å². The molecule has 0 spiro atoms. The quantitative estimate of drug-likeness (QED) is 0.668. The molecule has 6 nitrogen and oxygen atoms in total. The fourth-order valence-corrected chi connectivity index (χ4v) is 1.77. The second-order valence-corrected chi connectivity index (χ2v) is 5.95. The number of amides is 2. The molecule has 2 rings (SSSR count). The van der Waals surface area contributed by atoms with Crippen LogP contribution in [0.5, 0.6) is 0 Å². The lowest BCUT2D eigenvalue weighted by atomic mass is 10.2. The smallest absolute Gasteiger partial charge is 0.289 e. The molecule has 0 aromatic rings. The van der Waals surface area contributed by atoms with Crippen molar-refractivity contribution in [3.05, 3.63) is 0 Å². The van der Waals surface area contributed by atoms with Crippen LogP contribution in [-0.2, 0) is 14.4 Å². The van der Waals surface area contributed by atoms with Crippen LogP contribution in [0.1, 0.15) is 66.2 Å². The Hall–Kier alpha value is -1.43. The van der Waals surface area contributed by atoms with Gasteiger partial charge in [0.15, 0.2) is 0 Å². The van der Waals surface area contributed by atoms with E-state index in [-0.39, 0.29) is 24.5 Å². The third-order valence-electron chi connectivity index (χ3n) is 2.97. The minimum absolute atomic E-state index is 0.165. The van der Waals surface area contributed by atoms with Crippen molar-refractivity contribution in [2.45, 2.75) is 78.3 Å². The first kappa shape index (κ1) is 21.6. The summed E-state index contributed by atoms with van der Waals surface area (Å²) in [6, 6.07) is -0.0482. The first-order valence-electron chi connectivity index (χ1n) is 8.84. The number of hydrogen-bond donors (Lipinski definition) is 3. The molecule has 1 aliphatic heterocycles. The van der Waals surface area contributed by atoms with Crippen molar-refractivity contribution in [3.63, 3.8) is 0 Å². The fourth-order valence-electron chi connectivity index (χ4n) is 1.77. The Labute approximate surface area is 140 Å². The van der Waals surface area contributed by atoms with Gasteiger partial charge in [0.1, 0.15) is 0 Å². The molecule has 2 amide bonds. The Balaban J connectivity index is 0.000000704. The highest BCUT2D eigenvalue weighted by Crippen LogP contribution is 2.18. The zero-order valence-electron chi connectivity index (χ0n) is 15.0. The van der Waals surface area contributed by atoms with Gasteiger partial charge in [0, 0.05) is 6.04 Å². The summed E-state index contributed by atoms with van der Waals surface area (Å²) in [4.78, 5) is 34.2. The maximum absolute atomic E-state index is 11.5. The van der Waals surface area contributed by atoms with Crippen LogP contribution >= 0.6 is 0 Å². The summed E-state index contributed by atoms with van der Waals surface area (Å²) >= 11 is 0. The standard InChI is InChI=1S/C11H17N3O3.2C3H8/c15-9(11(17)14-7-3-4-7)6-13-10(16)8-2-1-5-12-8;2*1-3-2/h7-8,12H,1-6H2,(H,13,16)(H,14,17);2*3H2,1-2H3/t8-;;/m0../s1. The highest BCUT2D eigenvalue weighted by Gasteiger charge is 2.27. The van der Waals surface area contributed by atoms with E-state index >= 15 is 0 Å². The number of rotatable bonds is 5. The predicted octanol–water partition coefficient (Wildman–Crippen LogP) is 1.53. The zero-order chi connectivity index (χ0) is 17.7. The van der Waals surface area contributed by atoms with Gasteiger partial charge < -0.3 is 16.0 Å². The molecule has 0 aromatic carbocycles. The first-order valence-corrected chi connectivity index (χ1v) is 8.84. The van der Waals surface area contributed by atoms with Crippen molar-refractivity contribution in [3.8, 4) is 0 Å². The molecule has 0 aromatic heterocycles. The van der Waals surface area contributed by atoms with Gasteiger partial charge in [-0.05, 0) is 32.2 Å². The van der Waals surface area contributed by atoms with Gasteiger partial charge in [0.05, 0.1) is 12.6 Å². The summed E-state index contributed by atoms with van der Waals surface area (Å²) in [6.07, 6.45) is 6.14. The maximum Gasteiger partial charge on any atom is 0.289 e. The van der Waals surface area contributed by atoms with Gasteiger partial charge in [-0.15, -0.1) is 0 Å². The van der Waals surface area contributed by atoms with Crippen LogP contribution < -0.4 is 16.0 Å². The van der Waals surface area contributed by atoms with E-state index in [0.717, 1.165) is 32.2 Å². The number of Topliss-reactive ketones (excluding diaryl/α,β-unsaturated/α-hetero) is 1. The highest BCUT2D eigenvalue weighted by molar-refractivity contribution is 6.37. The summed E-state index contributed by atoms with van der Waals surface area (Å²) in [6.45, 7) is 9.11. The SMILES string of the molecule is CCC.CCC.O=C(CNC(=O)[C@@H]1CCCN1)C(=O)NC1CC1. The van der Waals surface area contributed by atoms with Gasteiger partial charge >= 0.3 is 0 Å². The molecule has 1 atom stereocenters. The van der Waals surface area contributed by atoms with Gasteiger partial charge in [-0.1, -0.05) is 40.5 Å². The maximum atomic E-state index is 11.5. The van der Waals surface area contributed by atoms with Crippen LogP contribution in [0.4, 0.5) is 0 Å². The topological polar surface area (TPSA) is 87.3 Å². The van der Waals surface area contributed by atoms with Crippen LogP contribution in [0.25, 0.3) is 0 Å². The molecular weight excluding hydrogens is 294 g/mol. The van der Waals surface area contributed by atoms with E-state index in [0.29, 0.717) is 0 Å². The molecular formula is C17H33N3O3. The Kier molecular flexibility index (Phi) is 12.2. The number of carbonyl (C=O) groups excluding carboxylic acids is 3. The lowest BCUT2D eigenvalue weighted by molar-refractivity contribution is -0.138.